The summed E-state index contributed by atoms with van der Waals surface area (Å²) in [6, 6.07) is 10.3. The normalized spacial score (nSPS) is 38.8. The Morgan fingerprint density at radius 3 is 2.12 bits per heavy atom. The van der Waals surface area contributed by atoms with Crippen molar-refractivity contribution in [3.63, 3.8) is 0 Å². The molecule has 0 radical (unpaired) electrons. The summed E-state index contributed by atoms with van der Waals surface area (Å²) in [5, 5.41) is 9.30. The van der Waals surface area contributed by atoms with E-state index in [9.17, 15) is 5.26 Å². The SMILES string of the molecule is CC1(C)C(=S)N(c2ccc(C#N)cc2)C(=NC23CC4CC(CC(C4)C2)C3)[C@H]1N1CCOCC1. The fraction of sp³-hybridized carbons (Fsp3) is 0.667. The summed E-state index contributed by atoms with van der Waals surface area (Å²) >= 11 is 6.17. The van der Waals surface area contributed by atoms with E-state index in [1.54, 1.807) is 0 Å². The molecule has 7 rings (SSSR count). The van der Waals surface area contributed by atoms with Gasteiger partial charge in [-0.05, 0) is 80.5 Å². The fourth-order valence-electron chi connectivity index (χ4n) is 7.90. The molecule has 4 aliphatic carbocycles. The van der Waals surface area contributed by atoms with Crippen LogP contribution in [0.4, 0.5) is 5.69 Å². The van der Waals surface area contributed by atoms with Gasteiger partial charge in [0.2, 0.25) is 0 Å². The molecule has 5 nitrogen and oxygen atoms in total. The first-order valence-electron chi connectivity index (χ1n) is 12.6. The van der Waals surface area contributed by atoms with Gasteiger partial charge in [-0.3, -0.25) is 14.8 Å². The predicted octanol–water partition coefficient (Wildman–Crippen LogP) is 4.80. The fourth-order valence-corrected chi connectivity index (χ4v) is 8.21. The number of nitrogens with zero attached hydrogens (tertiary/aromatic N) is 4. The lowest BCUT2D eigenvalue weighted by Gasteiger charge is -2.55. The van der Waals surface area contributed by atoms with Crippen molar-refractivity contribution in [3.8, 4) is 6.07 Å². The third kappa shape index (κ3) is 3.55. The van der Waals surface area contributed by atoms with E-state index in [-0.39, 0.29) is 17.0 Å². The number of thiocarbonyl (C=S) groups is 1. The quantitative estimate of drug-likeness (QED) is 0.604. The highest BCUT2D eigenvalue weighted by Gasteiger charge is 2.56. The van der Waals surface area contributed by atoms with Crippen molar-refractivity contribution in [2.24, 2.45) is 28.2 Å². The molecule has 4 bridgehead atoms. The summed E-state index contributed by atoms with van der Waals surface area (Å²) in [5.41, 5.74) is 1.58. The molecule has 0 spiro atoms. The van der Waals surface area contributed by atoms with Crippen LogP contribution in [0.3, 0.4) is 0 Å². The van der Waals surface area contributed by atoms with Crippen LogP contribution in [0.1, 0.15) is 57.9 Å². The van der Waals surface area contributed by atoms with E-state index in [0.29, 0.717) is 5.56 Å². The van der Waals surface area contributed by atoms with Gasteiger partial charge in [0.1, 0.15) is 5.84 Å². The predicted molar refractivity (Wildman–Crippen MR) is 135 cm³/mol. The largest absolute Gasteiger partial charge is 0.379 e. The maximum absolute atomic E-state index is 9.30. The first kappa shape index (κ1) is 21.7. The molecule has 1 atom stereocenters. The Hall–Kier alpha value is -1.81. The number of rotatable bonds is 3. The van der Waals surface area contributed by atoms with E-state index < -0.39 is 0 Å². The molecule has 2 heterocycles. The molecular formula is C27H34N4OS. The van der Waals surface area contributed by atoms with Gasteiger partial charge >= 0.3 is 0 Å². The van der Waals surface area contributed by atoms with E-state index in [4.69, 9.17) is 21.9 Å². The van der Waals surface area contributed by atoms with Crippen molar-refractivity contribution in [1.82, 2.24) is 4.90 Å². The molecule has 2 aliphatic heterocycles. The van der Waals surface area contributed by atoms with Crippen molar-refractivity contribution in [2.45, 2.75) is 64.0 Å². The van der Waals surface area contributed by atoms with Crippen LogP contribution >= 0.6 is 12.2 Å². The van der Waals surface area contributed by atoms with Gasteiger partial charge in [0.05, 0.1) is 41.4 Å². The molecule has 1 aromatic carbocycles. The van der Waals surface area contributed by atoms with Gasteiger partial charge in [-0.1, -0.05) is 26.1 Å². The lowest BCUT2D eigenvalue weighted by atomic mass is 9.53. The topological polar surface area (TPSA) is 51.9 Å². The van der Waals surface area contributed by atoms with Crippen LogP contribution in [-0.4, -0.2) is 53.6 Å². The summed E-state index contributed by atoms with van der Waals surface area (Å²) in [4.78, 5) is 11.5. The molecule has 0 unspecified atom stereocenters. The van der Waals surface area contributed by atoms with Crippen molar-refractivity contribution in [1.29, 1.82) is 5.26 Å². The first-order valence-corrected chi connectivity index (χ1v) is 13.1. The molecular weight excluding hydrogens is 428 g/mol. The number of hydrogen-bond acceptors (Lipinski definition) is 5. The van der Waals surface area contributed by atoms with Crippen LogP contribution in [0.2, 0.25) is 0 Å². The van der Waals surface area contributed by atoms with Gasteiger partial charge in [0.15, 0.2) is 0 Å². The van der Waals surface area contributed by atoms with Crippen molar-refractivity contribution in [3.05, 3.63) is 29.8 Å². The number of amidine groups is 1. The van der Waals surface area contributed by atoms with Crippen LogP contribution in [0.25, 0.3) is 0 Å². The van der Waals surface area contributed by atoms with Gasteiger partial charge in [-0.2, -0.15) is 5.26 Å². The average molecular weight is 463 g/mol. The molecule has 0 N–H and O–H groups in total. The Balaban J connectivity index is 1.47. The molecule has 4 saturated carbocycles. The Labute approximate surface area is 202 Å². The smallest absolute Gasteiger partial charge is 0.127 e. The lowest BCUT2D eigenvalue weighted by molar-refractivity contribution is -0.000248. The molecule has 6 heteroatoms. The van der Waals surface area contributed by atoms with Gasteiger partial charge in [-0.25, -0.2) is 0 Å². The number of ether oxygens (including phenoxy) is 1. The van der Waals surface area contributed by atoms with Gasteiger partial charge < -0.3 is 4.74 Å². The summed E-state index contributed by atoms with van der Waals surface area (Å²) in [7, 11) is 0. The highest BCUT2D eigenvalue weighted by molar-refractivity contribution is 7.80. The summed E-state index contributed by atoms with van der Waals surface area (Å²) in [5.74, 6) is 3.70. The zero-order valence-corrected chi connectivity index (χ0v) is 20.6. The van der Waals surface area contributed by atoms with Gasteiger partial charge in [0, 0.05) is 24.2 Å². The van der Waals surface area contributed by atoms with E-state index in [1.165, 1.54) is 38.5 Å². The second kappa shape index (κ2) is 7.86. The summed E-state index contributed by atoms with van der Waals surface area (Å²) < 4.78 is 5.70. The Kier molecular flexibility index (Phi) is 5.17. The highest BCUT2D eigenvalue weighted by Crippen LogP contribution is 2.58. The van der Waals surface area contributed by atoms with Crippen molar-refractivity contribution >= 4 is 28.7 Å². The average Bonchev–Trinajstić information content (AvgIpc) is 2.98. The maximum atomic E-state index is 9.30. The third-order valence-corrected chi connectivity index (χ3v) is 9.64. The number of benzene rings is 1. The second-order valence-corrected chi connectivity index (χ2v) is 12.1. The highest BCUT2D eigenvalue weighted by atomic mass is 32.1. The zero-order chi connectivity index (χ0) is 22.8. The van der Waals surface area contributed by atoms with Crippen molar-refractivity contribution in [2.75, 3.05) is 31.2 Å². The number of morpholine rings is 1. The summed E-state index contributed by atoms with van der Waals surface area (Å²) in [6.07, 6.45) is 7.98. The lowest BCUT2D eigenvalue weighted by Crippen LogP contribution is -2.54. The Morgan fingerprint density at radius 1 is 1.00 bits per heavy atom. The molecule has 0 amide bonds. The Bertz CT molecular complexity index is 982. The van der Waals surface area contributed by atoms with Crippen LogP contribution < -0.4 is 4.90 Å². The number of nitriles is 1. The van der Waals surface area contributed by atoms with Crippen molar-refractivity contribution < 1.29 is 4.74 Å². The van der Waals surface area contributed by atoms with E-state index in [2.05, 4.69) is 29.7 Å². The second-order valence-electron chi connectivity index (χ2n) is 11.7. The molecule has 174 valence electrons. The van der Waals surface area contributed by atoms with Crippen LogP contribution in [0.15, 0.2) is 29.3 Å². The minimum atomic E-state index is -0.207. The number of anilines is 1. The number of aliphatic imine (C=N–C) groups is 1. The van der Waals surface area contributed by atoms with Gasteiger partial charge in [0.25, 0.3) is 0 Å². The molecule has 0 aromatic heterocycles. The molecule has 2 saturated heterocycles. The standard InChI is InChI=1S/C27H34N4OS/c1-26(2)23(30-7-9-32-10-8-30)24(31(25(26)33)22-5-3-18(17-28)4-6-22)29-27-14-19-11-20(15-27)13-21(12-19)16-27/h3-6,19-21,23H,7-16H2,1-2H3/t19?,20?,21?,23-,27?/m1/s1. The number of hydrogen-bond donors (Lipinski definition) is 0. The molecule has 6 aliphatic rings. The minimum Gasteiger partial charge on any atom is -0.379 e. The van der Waals surface area contributed by atoms with Crippen LogP contribution in [0, 0.1) is 34.5 Å². The maximum Gasteiger partial charge on any atom is 0.127 e. The molecule has 6 fully saturated rings. The van der Waals surface area contributed by atoms with E-state index in [1.807, 2.05) is 24.3 Å². The van der Waals surface area contributed by atoms with Crippen LogP contribution in [0.5, 0.6) is 0 Å². The third-order valence-electron chi connectivity index (χ3n) is 8.93. The van der Waals surface area contributed by atoms with E-state index in [0.717, 1.165) is 60.6 Å². The molecule has 33 heavy (non-hydrogen) atoms. The van der Waals surface area contributed by atoms with Crippen LogP contribution in [-0.2, 0) is 4.74 Å². The zero-order valence-electron chi connectivity index (χ0n) is 19.8. The molecule has 1 aromatic rings. The van der Waals surface area contributed by atoms with E-state index >= 15 is 0 Å². The minimum absolute atomic E-state index is 0.0789. The Morgan fingerprint density at radius 2 is 1.58 bits per heavy atom. The first-order chi connectivity index (χ1) is 15.9. The monoisotopic (exact) mass is 462 g/mol. The van der Waals surface area contributed by atoms with Gasteiger partial charge in [-0.15, -0.1) is 0 Å². The summed E-state index contributed by atoms with van der Waals surface area (Å²) in [6.45, 7) is 7.93.